The van der Waals surface area contributed by atoms with Gasteiger partial charge in [0.05, 0.1) is 0 Å². The largest absolute Gasteiger partial charge is 0.352 e. The Morgan fingerprint density at radius 1 is 1.04 bits per heavy atom. The van der Waals surface area contributed by atoms with E-state index in [4.69, 9.17) is 11.6 Å². The molecule has 0 fully saturated rings. The Balaban J connectivity index is 1.61. The van der Waals surface area contributed by atoms with Crippen molar-refractivity contribution >= 4 is 23.3 Å². The Bertz CT molecular complexity index is 900. The predicted octanol–water partition coefficient (Wildman–Crippen LogP) is 4.13. The van der Waals surface area contributed by atoms with Crippen LogP contribution in [0.3, 0.4) is 0 Å². The van der Waals surface area contributed by atoms with Crippen LogP contribution in [0.4, 0.5) is 5.82 Å². The number of hydrogen-bond acceptors (Lipinski definition) is 4. The fraction of sp³-hybridized carbons (Fsp3) is 0.227. The van der Waals surface area contributed by atoms with Crippen molar-refractivity contribution in [3.63, 3.8) is 0 Å². The average Bonchev–Trinajstić information content (AvgIpc) is 2.74. The normalized spacial score (nSPS) is 10.5. The van der Waals surface area contributed by atoms with Crippen LogP contribution in [0.25, 0.3) is 0 Å². The number of nitrogens with zero attached hydrogens (tertiary/aromatic N) is 3. The quantitative estimate of drug-likeness (QED) is 0.624. The van der Waals surface area contributed by atoms with Crippen molar-refractivity contribution in [2.24, 2.45) is 0 Å². The van der Waals surface area contributed by atoms with Gasteiger partial charge in [0.15, 0.2) is 0 Å². The molecule has 0 spiro atoms. The zero-order valence-electron chi connectivity index (χ0n) is 15.8. The second kappa shape index (κ2) is 9.85. The molecule has 1 amide bonds. The number of benzene rings is 2. The van der Waals surface area contributed by atoms with E-state index in [2.05, 4.69) is 39.2 Å². The molecule has 0 aliphatic rings. The van der Waals surface area contributed by atoms with Gasteiger partial charge >= 0.3 is 0 Å². The van der Waals surface area contributed by atoms with Gasteiger partial charge in [-0.3, -0.25) is 4.79 Å². The van der Waals surface area contributed by atoms with Crippen molar-refractivity contribution in [2.75, 3.05) is 18.0 Å². The molecule has 1 N–H and O–H groups in total. The molecular weight excluding hydrogens is 372 g/mol. The van der Waals surface area contributed by atoms with Gasteiger partial charge in [0.2, 0.25) is 0 Å². The minimum absolute atomic E-state index is 0.201. The molecule has 0 aliphatic heterocycles. The second-order valence-electron chi connectivity index (χ2n) is 6.39. The molecule has 0 atom stereocenters. The number of carbonyl (C=O) groups excluding carboxylic acids is 1. The maximum atomic E-state index is 12.5. The van der Waals surface area contributed by atoms with E-state index >= 15 is 0 Å². The Morgan fingerprint density at radius 3 is 2.50 bits per heavy atom. The number of anilines is 1. The third kappa shape index (κ3) is 5.54. The fourth-order valence-electron chi connectivity index (χ4n) is 2.86. The highest BCUT2D eigenvalue weighted by Gasteiger charge is 2.12. The standard InChI is InChI=1S/C22H23ClN4O/c1-2-27(15-18-6-4-3-5-7-18)21-14-20(25-16-26-21)22(28)24-13-12-17-8-10-19(23)11-9-17/h3-11,14,16H,2,12-13,15H2,1H3,(H,24,28). The molecular formula is C22H23ClN4O. The van der Waals surface area contributed by atoms with Crippen LogP contribution in [-0.4, -0.2) is 29.0 Å². The maximum Gasteiger partial charge on any atom is 0.270 e. The zero-order chi connectivity index (χ0) is 19.8. The summed E-state index contributed by atoms with van der Waals surface area (Å²) in [6.07, 6.45) is 2.17. The lowest BCUT2D eigenvalue weighted by Crippen LogP contribution is -2.28. The summed E-state index contributed by atoms with van der Waals surface area (Å²) in [7, 11) is 0. The van der Waals surface area contributed by atoms with E-state index in [1.165, 1.54) is 11.9 Å². The molecule has 0 saturated carbocycles. The first kappa shape index (κ1) is 19.8. The second-order valence-corrected chi connectivity index (χ2v) is 6.83. The van der Waals surface area contributed by atoms with Crippen LogP contribution in [0.5, 0.6) is 0 Å². The highest BCUT2D eigenvalue weighted by atomic mass is 35.5. The number of carbonyl (C=O) groups is 1. The van der Waals surface area contributed by atoms with Gasteiger partial charge in [-0.2, -0.15) is 0 Å². The van der Waals surface area contributed by atoms with E-state index in [0.717, 1.165) is 30.9 Å². The Hall–Kier alpha value is -2.92. The van der Waals surface area contributed by atoms with E-state index in [-0.39, 0.29) is 5.91 Å². The van der Waals surface area contributed by atoms with E-state index in [9.17, 15) is 4.79 Å². The molecule has 144 valence electrons. The van der Waals surface area contributed by atoms with E-state index in [1.807, 2.05) is 42.5 Å². The lowest BCUT2D eigenvalue weighted by molar-refractivity contribution is 0.0949. The van der Waals surface area contributed by atoms with Gasteiger partial charge < -0.3 is 10.2 Å². The minimum Gasteiger partial charge on any atom is -0.352 e. The van der Waals surface area contributed by atoms with E-state index in [1.54, 1.807) is 6.07 Å². The van der Waals surface area contributed by atoms with Gasteiger partial charge in [0.1, 0.15) is 17.8 Å². The van der Waals surface area contributed by atoms with Crippen LogP contribution in [0.15, 0.2) is 67.0 Å². The molecule has 0 radical (unpaired) electrons. The third-order valence-corrected chi connectivity index (χ3v) is 4.67. The van der Waals surface area contributed by atoms with Gasteiger partial charge in [-0.25, -0.2) is 9.97 Å². The first-order valence-electron chi connectivity index (χ1n) is 9.29. The lowest BCUT2D eigenvalue weighted by Gasteiger charge is -2.22. The number of aromatic nitrogens is 2. The summed E-state index contributed by atoms with van der Waals surface area (Å²) in [5.41, 5.74) is 2.68. The van der Waals surface area contributed by atoms with Crippen LogP contribution >= 0.6 is 11.6 Å². The minimum atomic E-state index is -0.201. The highest BCUT2D eigenvalue weighted by Crippen LogP contribution is 2.15. The van der Waals surface area contributed by atoms with E-state index in [0.29, 0.717) is 17.3 Å². The monoisotopic (exact) mass is 394 g/mol. The molecule has 0 aliphatic carbocycles. The van der Waals surface area contributed by atoms with Crippen molar-refractivity contribution in [1.29, 1.82) is 0 Å². The predicted molar refractivity (Wildman–Crippen MR) is 113 cm³/mol. The number of rotatable bonds is 8. The van der Waals surface area contributed by atoms with Crippen LogP contribution in [0, 0.1) is 0 Å². The smallest absolute Gasteiger partial charge is 0.270 e. The molecule has 3 aromatic rings. The zero-order valence-corrected chi connectivity index (χ0v) is 16.6. The number of nitrogens with one attached hydrogen (secondary N) is 1. The van der Waals surface area contributed by atoms with Gasteiger partial charge in [-0.15, -0.1) is 0 Å². The summed E-state index contributed by atoms with van der Waals surface area (Å²) >= 11 is 5.89. The number of hydrogen-bond donors (Lipinski definition) is 1. The van der Waals surface area contributed by atoms with Crippen molar-refractivity contribution in [3.8, 4) is 0 Å². The summed E-state index contributed by atoms with van der Waals surface area (Å²) in [5.74, 6) is 0.539. The number of amides is 1. The first-order chi connectivity index (χ1) is 13.7. The Kier molecular flexibility index (Phi) is 6.98. The molecule has 5 nitrogen and oxygen atoms in total. The first-order valence-corrected chi connectivity index (χ1v) is 9.67. The van der Waals surface area contributed by atoms with Crippen LogP contribution in [0.1, 0.15) is 28.5 Å². The summed E-state index contributed by atoms with van der Waals surface area (Å²) < 4.78 is 0. The lowest BCUT2D eigenvalue weighted by atomic mass is 10.1. The van der Waals surface area contributed by atoms with Crippen molar-refractivity contribution in [2.45, 2.75) is 19.9 Å². The summed E-state index contributed by atoms with van der Waals surface area (Å²) in [6.45, 7) is 4.10. The number of halogens is 1. The Labute approximate surface area is 170 Å². The molecule has 0 bridgehead atoms. The molecule has 28 heavy (non-hydrogen) atoms. The van der Waals surface area contributed by atoms with Crippen molar-refractivity contribution in [1.82, 2.24) is 15.3 Å². The van der Waals surface area contributed by atoms with E-state index < -0.39 is 0 Å². The third-order valence-electron chi connectivity index (χ3n) is 4.42. The summed E-state index contributed by atoms with van der Waals surface area (Å²) in [4.78, 5) is 23.1. The molecule has 3 rings (SSSR count). The van der Waals surface area contributed by atoms with Gasteiger partial charge in [-0.05, 0) is 36.6 Å². The van der Waals surface area contributed by atoms with Gasteiger partial charge in [-0.1, -0.05) is 54.1 Å². The van der Waals surface area contributed by atoms with Gasteiger partial charge in [0, 0.05) is 30.7 Å². The molecule has 0 unspecified atom stereocenters. The average molecular weight is 395 g/mol. The van der Waals surface area contributed by atoms with Crippen LogP contribution < -0.4 is 10.2 Å². The summed E-state index contributed by atoms with van der Waals surface area (Å²) in [6, 6.07) is 19.5. The Morgan fingerprint density at radius 2 is 1.79 bits per heavy atom. The molecule has 2 aromatic carbocycles. The molecule has 1 heterocycles. The van der Waals surface area contributed by atoms with Crippen LogP contribution in [-0.2, 0) is 13.0 Å². The van der Waals surface area contributed by atoms with Crippen molar-refractivity contribution in [3.05, 3.63) is 88.8 Å². The topological polar surface area (TPSA) is 58.1 Å². The SMILES string of the molecule is CCN(Cc1ccccc1)c1cc(C(=O)NCCc2ccc(Cl)cc2)ncn1. The molecule has 6 heteroatoms. The summed E-state index contributed by atoms with van der Waals surface area (Å²) in [5, 5.41) is 3.62. The molecule has 0 saturated heterocycles. The maximum absolute atomic E-state index is 12.5. The van der Waals surface area contributed by atoms with Gasteiger partial charge in [0.25, 0.3) is 5.91 Å². The molecule has 1 aromatic heterocycles. The highest BCUT2D eigenvalue weighted by molar-refractivity contribution is 6.30. The fourth-order valence-corrected chi connectivity index (χ4v) is 2.99. The van der Waals surface area contributed by atoms with Crippen LogP contribution in [0.2, 0.25) is 5.02 Å². The van der Waals surface area contributed by atoms with Crippen molar-refractivity contribution < 1.29 is 4.79 Å².